The summed E-state index contributed by atoms with van der Waals surface area (Å²) in [5.74, 6) is 0.106. The minimum absolute atomic E-state index is 0.0697. The minimum Gasteiger partial charge on any atom is -0.364 e. The zero-order chi connectivity index (χ0) is 14.1. The SMILES string of the molecule is O=C1N[C@@H]([C@@H]2CC=CCC2)Nc2ccc([N+](=O)[O-])cc21. The monoisotopic (exact) mass is 273 g/mol. The predicted octanol–water partition coefficient (Wildman–Crippen LogP) is 2.43. The highest BCUT2D eigenvalue weighted by molar-refractivity contribution is 6.02. The van der Waals surface area contributed by atoms with Crippen molar-refractivity contribution in [1.29, 1.82) is 0 Å². The molecular formula is C14H15N3O3. The van der Waals surface area contributed by atoms with Crippen LogP contribution in [0.15, 0.2) is 30.4 Å². The molecule has 1 aliphatic heterocycles. The number of hydrogen-bond donors (Lipinski definition) is 2. The first-order valence-corrected chi connectivity index (χ1v) is 6.66. The molecule has 0 saturated carbocycles. The van der Waals surface area contributed by atoms with Crippen molar-refractivity contribution in [3.05, 3.63) is 46.0 Å². The molecule has 3 rings (SSSR count). The van der Waals surface area contributed by atoms with Gasteiger partial charge < -0.3 is 10.6 Å². The number of rotatable bonds is 2. The fraction of sp³-hybridized carbons (Fsp3) is 0.357. The van der Waals surface area contributed by atoms with E-state index in [1.54, 1.807) is 6.07 Å². The quantitative estimate of drug-likeness (QED) is 0.492. The summed E-state index contributed by atoms with van der Waals surface area (Å²) < 4.78 is 0. The Balaban J connectivity index is 1.86. The number of hydrogen-bond acceptors (Lipinski definition) is 4. The molecule has 0 aromatic heterocycles. The fourth-order valence-electron chi connectivity index (χ4n) is 2.74. The molecule has 1 aromatic carbocycles. The molecule has 20 heavy (non-hydrogen) atoms. The molecule has 1 aliphatic carbocycles. The van der Waals surface area contributed by atoms with Crippen LogP contribution in [-0.2, 0) is 0 Å². The van der Waals surface area contributed by atoms with Crippen molar-refractivity contribution in [3.8, 4) is 0 Å². The number of nitrogens with zero attached hydrogens (tertiary/aromatic N) is 1. The summed E-state index contributed by atoms with van der Waals surface area (Å²) in [5, 5.41) is 16.9. The van der Waals surface area contributed by atoms with Crippen LogP contribution in [0, 0.1) is 16.0 Å². The lowest BCUT2D eigenvalue weighted by Gasteiger charge is -2.34. The Labute approximate surface area is 116 Å². The van der Waals surface area contributed by atoms with Crippen LogP contribution in [0.1, 0.15) is 29.6 Å². The van der Waals surface area contributed by atoms with Gasteiger partial charge in [-0.15, -0.1) is 0 Å². The van der Waals surface area contributed by atoms with Crippen molar-refractivity contribution in [2.45, 2.75) is 25.4 Å². The number of carbonyl (C=O) groups excluding carboxylic acids is 1. The maximum absolute atomic E-state index is 12.1. The van der Waals surface area contributed by atoms with Crippen LogP contribution in [0.25, 0.3) is 0 Å². The molecular weight excluding hydrogens is 258 g/mol. The number of benzene rings is 1. The Hall–Kier alpha value is -2.37. The smallest absolute Gasteiger partial charge is 0.270 e. The highest BCUT2D eigenvalue weighted by atomic mass is 16.6. The van der Waals surface area contributed by atoms with Gasteiger partial charge in [0.25, 0.3) is 11.6 Å². The summed E-state index contributed by atoms with van der Waals surface area (Å²) in [5.41, 5.74) is 0.931. The highest BCUT2D eigenvalue weighted by Crippen LogP contribution is 2.30. The van der Waals surface area contributed by atoms with Crippen molar-refractivity contribution < 1.29 is 9.72 Å². The molecule has 0 saturated heterocycles. The molecule has 1 aromatic rings. The van der Waals surface area contributed by atoms with Crippen LogP contribution in [-0.4, -0.2) is 17.0 Å². The second-order valence-corrected chi connectivity index (χ2v) is 5.13. The molecule has 0 fully saturated rings. The Morgan fingerprint density at radius 1 is 1.25 bits per heavy atom. The number of non-ortho nitro benzene ring substituents is 1. The Bertz CT molecular complexity index is 597. The Kier molecular flexibility index (Phi) is 3.14. The molecule has 2 atom stereocenters. The molecule has 0 spiro atoms. The standard InChI is InChI=1S/C14H15N3O3/c18-14-11-8-10(17(19)20)6-7-12(11)15-13(16-14)9-4-2-1-3-5-9/h1-2,6-9,13,15H,3-5H2,(H,16,18)/t9-,13+/m1/s1. The van der Waals surface area contributed by atoms with Crippen LogP contribution in [0.2, 0.25) is 0 Å². The van der Waals surface area contributed by atoms with Gasteiger partial charge in [-0.3, -0.25) is 14.9 Å². The van der Waals surface area contributed by atoms with E-state index < -0.39 is 4.92 Å². The Morgan fingerprint density at radius 3 is 2.80 bits per heavy atom. The van der Waals surface area contributed by atoms with Gasteiger partial charge >= 0.3 is 0 Å². The van der Waals surface area contributed by atoms with E-state index in [0.29, 0.717) is 17.2 Å². The lowest BCUT2D eigenvalue weighted by atomic mass is 9.90. The van der Waals surface area contributed by atoms with E-state index in [-0.39, 0.29) is 17.8 Å². The zero-order valence-electron chi connectivity index (χ0n) is 10.8. The summed E-state index contributed by atoms with van der Waals surface area (Å²) in [4.78, 5) is 22.4. The molecule has 104 valence electrons. The average molecular weight is 273 g/mol. The van der Waals surface area contributed by atoms with Crippen LogP contribution in [0.5, 0.6) is 0 Å². The Morgan fingerprint density at radius 2 is 2.10 bits per heavy atom. The van der Waals surface area contributed by atoms with Crippen molar-refractivity contribution >= 4 is 17.3 Å². The van der Waals surface area contributed by atoms with Gasteiger partial charge in [0, 0.05) is 23.7 Å². The van der Waals surface area contributed by atoms with Gasteiger partial charge in [-0.1, -0.05) is 12.2 Å². The van der Waals surface area contributed by atoms with Gasteiger partial charge in [0.05, 0.1) is 10.5 Å². The van der Waals surface area contributed by atoms with E-state index in [9.17, 15) is 14.9 Å². The number of amides is 1. The summed E-state index contributed by atoms with van der Waals surface area (Å²) in [6, 6.07) is 4.34. The van der Waals surface area contributed by atoms with E-state index in [1.165, 1.54) is 12.1 Å². The van der Waals surface area contributed by atoms with E-state index in [0.717, 1.165) is 19.3 Å². The maximum atomic E-state index is 12.1. The molecule has 1 heterocycles. The second kappa shape index (κ2) is 4.96. The fourth-order valence-corrected chi connectivity index (χ4v) is 2.74. The summed E-state index contributed by atoms with van der Waals surface area (Å²) in [7, 11) is 0. The number of fused-ring (bicyclic) bond motifs is 1. The van der Waals surface area contributed by atoms with Crippen LogP contribution in [0.4, 0.5) is 11.4 Å². The molecule has 0 radical (unpaired) electrons. The van der Waals surface area contributed by atoms with Crippen molar-refractivity contribution in [3.63, 3.8) is 0 Å². The topological polar surface area (TPSA) is 84.3 Å². The molecule has 6 heteroatoms. The third-order valence-electron chi connectivity index (χ3n) is 3.84. The number of anilines is 1. The van der Waals surface area contributed by atoms with E-state index in [4.69, 9.17) is 0 Å². The van der Waals surface area contributed by atoms with Crippen LogP contribution >= 0.6 is 0 Å². The van der Waals surface area contributed by atoms with Gasteiger partial charge in [-0.25, -0.2) is 0 Å². The normalized spacial score (nSPS) is 24.5. The van der Waals surface area contributed by atoms with Gasteiger partial charge in [-0.05, 0) is 25.3 Å². The number of allylic oxidation sites excluding steroid dienone is 2. The predicted molar refractivity (Wildman–Crippen MR) is 74.5 cm³/mol. The molecule has 2 N–H and O–H groups in total. The third kappa shape index (κ3) is 2.24. The number of nitro benzene ring substituents is 1. The van der Waals surface area contributed by atoms with Gasteiger partial charge in [0.15, 0.2) is 0 Å². The molecule has 0 unspecified atom stereocenters. The van der Waals surface area contributed by atoms with Crippen LogP contribution in [0.3, 0.4) is 0 Å². The van der Waals surface area contributed by atoms with Crippen molar-refractivity contribution in [1.82, 2.24) is 5.32 Å². The summed E-state index contributed by atoms with van der Waals surface area (Å²) in [6.45, 7) is 0. The van der Waals surface area contributed by atoms with Crippen molar-refractivity contribution in [2.75, 3.05) is 5.32 Å². The van der Waals surface area contributed by atoms with Gasteiger partial charge in [0.1, 0.15) is 6.17 Å². The van der Waals surface area contributed by atoms with Crippen LogP contribution < -0.4 is 10.6 Å². The summed E-state index contributed by atoms with van der Waals surface area (Å²) in [6.07, 6.45) is 7.15. The largest absolute Gasteiger partial charge is 0.364 e. The summed E-state index contributed by atoms with van der Waals surface area (Å²) >= 11 is 0. The van der Waals surface area contributed by atoms with Crippen molar-refractivity contribution in [2.24, 2.45) is 5.92 Å². The second-order valence-electron chi connectivity index (χ2n) is 5.13. The first-order chi connectivity index (χ1) is 9.65. The first-order valence-electron chi connectivity index (χ1n) is 6.66. The van der Waals surface area contributed by atoms with E-state index >= 15 is 0 Å². The minimum atomic E-state index is -0.494. The number of nitrogens with one attached hydrogen (secondary N) is 2. The lowest BCUT2D eigenvalue weighted by molar-refractivity contribution is -0.384. The van der Waals surface area contributed by atoms with E-state index in [2.05, 4.69) is 22.8 Å². The number of carbonyl (C=O) groups is 1. The molecule has 2 aliphatic rings. The first kappa shape index (κ1) is 12.7. The molecule has 0 bridgehead atoms. The molecule has 1 amide bonds. The van der Waals surface area contributed by atoms with Gasteiger partial charge in [0.2, 0.25) is 0 Å². The van der Waals surface area contributed by atoms with E-state index in [1.807, 2.05) is 0 Å². The zero-order valence-corrected chi connectivity index (χ0v) is 10.8. The highest BCUT2D eigenvalue weighted by Gasteiger charge is 2.30. The maximum Gasteiger partial charge on any atom is 0.270 e. The molecule has 6 nitrogen and oxygen atoms in total. The van der Waals surface area contributed by atoms with Gasteiger partial charge in [-0.2, -0.15) is 0 Å². The third-order valence-corrected chi connectivity index (χ3v) is 3.84. The number of nitro groups is 1. The lowest BCUT2D eigenvalue weighted by Crippen LogP contribution is -2.49. The average Bonchev–Trinajstić information content (AvgIpc) is 2.47.